The fraction of sp³-hybridized carbons (Fsp3) is 0.278. The minimum Gasteiger partial charge on any atom is -0.493 e. The van der Waals surface area contributed by atoms with Crippen LogP contribution >= 0.6 is 0 Å². The minimum absolute atomic E-state index is 0.110. The third-order valence-corrected chi connectivity index (χ3v) is 5.51. The lowest BCUT2D eigenvalue weighted by molar-refractivity contribution is -0.142. The third kappa shape index (κ3) is 4.00. The zero-order valence-corrected chi connectivity index (χ0v) is 14.6. The van der Waals surface area contributed by atoms with E-state index in [1.807, 2.05) is 30.3 Å². The number of rotatable bonds is 6. The number of ether oxygens (including phenoxy) is 2. The van der Waals surface area contributed by atoms with Crippen molar-refractivity contribution in [1.82, 2.24) is 4.72 Å². The highest BCUT2D eigenvalue weighted by Gasteiger charge is 2.27. The highest BCUT2D eigenvalue weighted by atomic mass is 32.2. The number of hydrogen-bond acceptors (Lipinski definition) is 5. The molecular weight excluding hydrogens is 342 g/mol. The molecule has 0 aromatic heterocycles. The Balaban J connectivity index is 1.83. The lowest BCUT2D eigenvalue weighted by atomic mass is 10.1. The first-order chi connectivity index (χ1) is 12.0. The number of carbonyl (C=O) groups is 1. The molecule has 7 heteroatoms. The molecule has 0 spiro atoms. The van der Waals surface area contributed by atoms with Gasteiger partial charge in [0.1, 0.15) is 11.8 Å². The van der Waals surface area contributed by atoms with Gasteiger partial charge >= 0.3 is 5.97 Å². The largest absolute Gasteiger partial charge is 0.493 e. The van der Waals surface area contributed by atoms with Gasteiger partial charge in [-0.1, -0.05) is 30.3 Å². The zero-order valence-electron chi connectivity index (χ0n) is 13.8. The molecule has 0 aliphatic carbocycles. The standard InChI is InChI=1S/C18H19NO5S/c1-23-18(20)16(11-13-5-3-2-4-6-13)19-25(21,22)15-7-8-17-14(12-15)9-10-24-17/h2-8,12,16,19H,9-11H2,1H3/t16-/m1/s1. The van der Waals surface area contributed by atoms with Crippen LogP contribution in [0, 0.1) is 0 Å². The van der Waals surface area contributed by atoms with Crippen molar-refractivity contribution in [2.75, 3.05) is 13.7 Å². The first kappa shape index (κ1) is 17.4. The normalized spacial score (nSPS) is 14.4. The van der Waals surface area contributed by atoms with E-state index in [-0.39, 0.29) is 11.3 Å². The van der Waals surface area contributed by atoms with Crippen LogP contribution in [0.25, 0.3) is 0 Å². The Labute approximate surface area is 146 Å². The number of methoxy groups -OCH3 is 1. The van der Waals surface area contributed by atoms with E-state index in [1.54, 1.807) is 12.1 Å². The average Bonchev–Trinajstić information content (AvgIpc) is 3.09. The number of nitrogens with one attached hydrogen (secondary N) is 1. The third-order valence-electron chi connectivity index (χ3n) is 4.04. The van der Waals surface area contributed by atoms with E-state index < -0.39 is 22.0 Å². The summed E-state index contributed by atoms with van der Waals surface area (Å²) < 4.78 is 38.0. The highest BCUT2D eigenvalue weighted by Crippen LogP contribution is 2.27. The minimum atomic E-state index is -3.86. The van der Waals surface area contributed by atoms with E-state index in [0.29, 0.717) is 18.8 Å². The van der Waals surface area contributed by atoms with Crippen LogP contribution in [0.5, 0.6) is 5.75 Å². The van der Waals surface area contributed by atoms with Gasteiger partial charge in [-0.15, -0.1) is 0 Å². The number of esters is 1. The summed E-state index contributed by atoms with van der Waals surface area (Å²) in [7, 11) is -2.63. The van der Waals surface area contributed by atoms with Crippen molar-refractivity contribution in [2.24, 2.45) is 0 Å². The topological polar surface area (TPSA) is 81.7 Å². The maximum absolute atomic E-state index is 12.7. The van der Waals surface area contributed by atoms with Crippen LogP contribution in [-0.2, 0) is 32.4 Å². The Kier molecular flexibility index (Phi) is 5.06. The molecule has 1 heterocycles. The summed E-state index contributed by atoms with van der Waals surface area (Å²) in [5.41, 5.74) is 1.68. The van der Waals surface area contributed by atoms with E-state index >= 15 is 0 Å². The molecule has 0 fully saturated rings. The molecule has 2 aromatic carbocycles. The van der Waals surface area contributed by atoms with Crippen LogP contribution in [-0.4, -0.2) is 34.1 Å². The Hall–Kier alpha value is -2.38. The van der Waals surface area contributed by atoms with Gasteiger partial charge in [-0.3, -0.25) is 4.79 Å². The number of sulfonamides is 1. The summed E-state index contributed by atoms with van der Waals surface area (Å²) in [5, 5.41) is 0. The summed E-state index contributed by atoms with van der Waals surface area (Å²) >= 11 is 0. The molecule has 0 saturated carbocycles. The molecule has 132 valence electrons. The van der Waals surface area contributed by atoms with Crippen LogP contribution in [0.2, 0.25) is 0 Å². The van der Waals surface area contributed by atoms with E-state index in [0.717, 1.165) is 11.1 Å². The second kappa shape index (κ2) is 7.25. The summed E-state index contributed by atoms with van der Waals surface area (Å²) in [4.78, 5) is 12.2. The van der Waals surface area contributed by atoms with Crippen molar-refractivity contribution in [3.8, 4) is 5.75 Å². The van der Waals surface area contributed by atoms with Crippen molar-refractivity contribution in [3.05, 3.63) is 59.7 Å². The number of carbonyl (C=O) groups excluding carboxylic acids is 1. The lowest BCUT2D eigenvalue weighted by Crippen LogP contribution is -2.43. The van der Waals surface area contributed by atoms with Gasteiger partial charge in [0.2, 0.25) is 10.0 Å². The molecule has 1 aliphatic heterocycles. The van der Waals surface area contributed by atoms with Crippen LogP contribution < -0.4 is 9.46 Å². The Morgan fingerprint density at radius 3 is 2.72 bits per heavy atom. The molecule has 1 atom stereocenters. The van der Waals surface area contributed by atoms with E-state index in [9.17, 15) is 13.2 Å². The van der Waals surface area contributed by atoms with Crippen molar-refractivity contribution in [1.29, 1.82) is 0 Å². The second-order valence-corrected chi connectivity index (χ2v) is 7.47. The Morgan fingerprint density at radius 2 is 2.00 bits per heavy atom. The van der Waals surface area contributed by atoms with Crippen LogP contribution in [0.1, 0.15) is 11.1 Å². The monoisotopic (exact) mass is 361 g/mol. The van der Waals surface area contributed by atoms with Crippen LogP contribution in [0.15, 0.2) is 53.4 Å². The quantitative estimate of drug-likeness (QED) is 0.792. The Bertz CT molecular complexity index is 864. The van der Waals surface area contributed by atoms with Gasteiger partial charge in [0.05, 0.1) is 18.6 Å². The van der Waals surface area contributed by atoms with E-state index in [1.165, 1.54) is 13.2 Å². The Morgan fingerprint density at radius 1 is 1.24 bits per heavy atom. The summed E-state index contributed by atoms with van der Waals surface area (Å²) in [5.74, 6) is 0.0738. The van der Waals surface area contributed by atoms with Gasteiger partial charge in [-0.25, -0.2) is 8.42 Å². The van der Waals surface area contributed by atoms with E-state index in [4.69, 9.17) is 9.47 Å². The molecule has 25 heavy (non-hydrogen) atoms. The molecule has 0 radical (unpaired) electrons. The molecule has 3 rings (SSSR count). The summed E-state index contributed by atoms with van der Waals surface area (Å²) in [6.07, 6.45) is 0.879. The lowest BCUT2D eigenvalue weighted by Gasteiger charge is -2.17. The predicted octanol–water partition coefficient (Wildman–Crippen LogP) is 1.68. The van der Waals surface area contributed by atoms with Gasteiger partial charge in [0.25, 0.3) is 0 Å². The molecule has 1 N–H and O–H groups in total. The van der Waals surface area contributed by atoms with Gasteiger partial charge in [-0.05, 0) is 35.7 Å². The molecule has 0 amide bonds. The van der Waals surface area contributed by atoms with Crippen molar-refractivity contribution in [3.63, 3.8) is 0 Å². The smallest absolute Gasteiger partial charge is 0.324 e. The first-order valence-electron chi connectivity index (χ1n) is 7.89. The predicted molar refractivity (Wildman–Crippen MR) is 91.9 cm³/mol. The van der Waals surface area contributed by atoms with Crippen LogP contribution in [0.3, 0.4) is 0 Å². The van der Waals surface area contributed by atoms with Crippen molar-refractivity contribution < 1.29 is 22.7 Å². The summed E-state index contributed by atoms with van der Waals surface area (Å²) in [6, 6.07) is 12.9. The maximum atomic E-state index is 12.7. The SMILES string of the molecule is COC(=O)[C@@H](Cc1ccccc1)NS(=O)(=O)c1ccc2c(c1)CCO2. The van der Waals surface area contributed by atoms with Crippen molar-refractivity contribution >= 4 is 16.0 Å². The number of hydrogen-bond donors (Lipinski definition) is 1. The highest BCUT2D eigenvalue weighted by molar-refractivity contribution is 7.89. The van der Waals surface area contributed by atoms with Crippen molar-refractivity contribution in [2.45, 2.75) is 23.8 Å². The van der Waals surface area contributed by atoms with E-state index in [2.05, 4.69) is 4.72 Å². The molecule has 0 saturated heterocycles. The zero-order chi connectivity index (χ0) is 17.9. The second-order valence-electron chi connectivity index (χ2n) is 5.75. The van der Waals surface area contributed by atoms with Gasteiger partial charge in [-0.2, -0.15) is 4.72 Å². The molecule has 0 bridgehead atoms. The molecular formula is C18H19NO5S. The van der Waals surface area contributed by atoms with Gasteiger partial charge in [0.15, 0.2) is 0 Å². The molecule has 6 nitrogen and oxygen atoms in total. The molecule has 2 aromatic rings. The average molecular weight is 361 g/mol. The van der Waals surface area contributed by atoms with Crippen LogP contribution in [0.4, 0.5) is 0 Å². The fourth-order valence-corrected chi connectivity index (χ4v) is 3.99. The number of benzene rings is 2. The molecule has 1 aliphatic rings. The summed E-state index contributed by atoms with van der Waals surface area (Å²) in [6.45, 7) is 0.547. The van der Waals surface area contributed by atoms with Gasteiger partial charge in [0, 0.05) is 6.42 Å². The maximum Gasteiger partial charge on any atom is 0.324 e. The van der Waals surface area contributed by atoms with Gasteiger partial charge < -0.3 is 9.47 Å². The first-order valence-corrected chi connectivity index (χ1v) is 9.38. The fourth-order valence-electron chi connectivity index (χ4n) is 2.75. The number of fused-ring (bicyclic) bond motifs is 1. The molecule has 0 unspecified atom stereocenters.